The summed E-state index contributed by atoms with van der Waals surface area (Å²) in [5.41, 5.74) is 1.38. The van der Waals surface area contributed by atoms with Gasteiger partial charge >= 0.3 is 5.97 Å². The molecule has 0 unspecified atom stereocenters. The molecular formula is C14H14ClNO3. The second-order valence-electron chi connectivity index (χ2n) is 3.66. The van der Waals surface area contributed by atoms with Gasteiger partial charge in [0.05, 0.1) is 12.7 Å². The number of ether oxygens (including phenoxy) is 2. The molecule has 0 N–H and O–H groups in total. The van der Waals surface area contributed by atoms with Crippen LogP contribution in [0.1, 0.15) is 15.9 Å². The molecule has 0 atom stereocenters. The van der Waals surface area contributed by atoms with Gasteiger partial charge in [0.1, 0.15) is 12.4 Å². The molecule has 1 heterocycles. The standard InChI is InChI=1S/C14H13NO3.ClH/c1-17-13-4-2-3-12(9-13)14(16)18-10-11-5-7-15-8-6-11;/h2-9H,10H2,1H3;1H. The van der Waals surface area contributed by atoms with E-state index in [0.717, 1.165) is 5.56 Å². The first kappa shape index (κ1) is 15.0. The normalized spacial score (nSPS) is 9.32. The molecule has 0 aliphatic rings. The molecule has 0 radical (unpaired) electrons. The third-order valence-corrected chi connectivity index (χ3v) is 2.42. The average molecular weight is 280 g/mol. The minimum absolute atomic E-state index is 0. The highest BCUT2D eigenvalue weighted by Crippen LogP contribution is 2.14. The molecule has 1 aromatic heterocycles. The minimum atomic E-state index is -0.370. The Hall–Kier alpha value is -2.07. The van der Waals surface area contributed by atoms with Crippen LogP contribution in [-0.4, -0.2) is 18.1 Å². The van der Waals surface area contributed by atoms with Gasteiger partial charge in [-0.25, -0.2) is 4.79 Å². The fourth-order valence-electron chi connectivity index (χ4n) is 1.46. The number of methoxy groups -OCH3 is 1. The van der Waals surface area contributed by atoms with Gasteiger partial charge in [-0.3, -0.25) is 4.98 Å². The summed E-state index contributed by atoms with van der Waals surface area (Å²) in [7, 11) is 1.56. The largest absolute Gasteiger partial charge is 0.497 e. The molecule has 0 saturated carbocycles. The maximum atomic E-state index is 11.8. The summed E-state index contributed by atoms with van der Waals surface area (Å²) in [6.07, 6.45) is 3.32. The maximum Gasteiger partial charge on any atom is 0.338 e. The molecule has 0 amide bonds. The Bertz CT molecular complexity index is 531. The lowest BCUT2D eigenvalue weighted by molar-refractivity contribution is 0.0472. The Morgan fingerprint density at radius 1 is 1.21 bits per heavy atom. The number of carbonyl (C=O) groups is 1. The molecule has 0 aliphatic heterocycles. The molecule has 0 aliphatic carbocycles. The van der Waals surface area contributed by atoms with Crippen molar-refractivity contribution in [3.05, 3.63) is 59.9 Å². The smallest absolute Gasteiger partial charge is 0.338 e. The number of halogens is 1. The van der Waals surface area contributed by atoms with E-state index in [2.05, 4.69) is 4.98 Å². The quantitative estimate of drug-likeness (QED) is 0.808. The van der Waals surface area contributed by atoms with E-state index in [1.165, 1.54) is 0 Å². The van der Waals surface area contributed by atoms with Crippen LogP contribution in [0.4, 0.5) is 0 Å². The van der Waals surface area contributed by atoms with Gasteiger partial charge in [0.25, 0.3) is 0 Å². The van der Waals surface area contributed by atoms with E-state index in [9.17, 15) is 4.79 Å². The minimum Gasteiger partial charge on any atom is -0.497 e. The Balaban J connectivity index is 0.00000180. The number of pyridine rings is 1. The van der Waals surface area contributed by atoms with E-state index in [-0.39, 0.29) is 25.0 Å². The topological polar surface area (TPSA) is 48.4 Å². The molecule has 100 valence electrons. The number of aromatic nitrogens is 1. The van der Waals surface area contributed by atoms with Crippen LogP contribution in [-0.2, 0) is 11.3 Å². The van der Waals surface area contributed by atoms with Crippen molar-refractivity contribution in [1.82, 2.24) is 4.98 Å². The Morgan fingerprint density at radius 3 is 2.63 bits per heavy atom. The van der Waals surface area contributed by atoms with Crippen molar-refractivity contribution in [3.63, 3.8) is 0 Å². The molecule has 4 nitrogen and oxygen atoms in total. The molecule has 1 aromatic carbocycles. The van der Waals surface area contributed by atoms with Crippen molar-refractivity contribution >= 4 is 18.4 Å². The maximum absolute atomic E-state index is 11.8. The predicted octanol–water partition coefficient (Wildman–Crippen LogP) is 2.87. The van der Waals surface area contributed by atoms with Crippen molar-refractivity contribution < 1.29 is 14.3 Å². The third kappa shape index (κ3) is 4.26. The fourth-order valence-corrected chi connectivity index (χ4v) is 1.46. The van der Waals surface area contributed by atoms with Gasteiger partial charge in [0.2, 0.25) is 0 Å². The van der Waals surface area contributed by atoms with Crippen molar-refractivity contribution in [1.29, 1.82) is 0 Å². The van der Waals surface area contributed by atoms with Crippen molar-refractivity contribution in [2.75, 3.05) is 7.11 Å². The van der Waals surface area contributed by atoms with Gasteiger partial charge in [-0.15, -0.1) is 12.4 Å². The van der Waals surface area contributed by atoms with Crippen LogP contribution >= 0.6 is 12.4 Å². The van der Waals surface area contributed by atoms with Crippen molar-refractivity contribution in [2.45, 2.75) is 6.61 Å². The molecule has 0 fully saturated rings. The van der Waals surface area contributed by atoms with E-state index >= 15 is 0 Å². The van der Waals surface area contributed by atoms with Crippen LogP contribution < -0.4 is 4.74 Å². The molecule has 2 rings (SSSR count). The Morgan fingerprint density at radius 2 is 1.95 bits per heavy atom. The van der Waals surface area contributed by atoms with Crippen LogP contribution in [0.2, 0.25) is 0 Å². The first-order chi connectivity index (χ1) is 8.79. The first-order valence-corrected chi connectivity index (χ1v) is 5.49. The zero-order chi connectivity index (χ0) is 12.8. The fraction of sp³-hybridized carbons (Fsp3) is 0.143. The number of hydrogen-bond acceptors (Lipinski definition) is 4. The van der Waals surface area contributed by atoms with E-state index in [1.807, 2.05) is 0 Å². The van der Waals surface area contributed by atoms with Crippen molar-refractivity contribution in [2.24, 2.45) is 0 Å². The molecule has 2 aromatic rings. The van der Waals surface area contributed by atoms with E-state index < -0.39 is 0 Å². The average Bonchev–Trinajstić information content (AvgIpc) is 2.46. The second-order valence-corrected chi connectivity index (χ2v) is 3.66. The monoisotopic (exact) mass is 279 g/mol. The number of hydrogen-bond donors (Lipinski definition) is 0. The third-order valence-electron chi connectivity index (χ3n) is 2.42. The number of carbonyl (C=O) groups excluding carboxylic acids is 1. The first-order valence-electron chi connectivity index (χ1n) is 5.49. The van der Waals surface area contributed by atoms with Crippen LogP contribution in [0.3, 0.4) is 0 Å². The zero-order valence-corrected chi connectivity index (χ0v) is 11.2. The Kier molecular flexibility index (Phi) is 5.82. The number of benzene rings is 1. The second kappa shape index (κ2) is 7.38. The molecule has 0 saturated heterocycles. The summed E-state index contributed by atoms with van der Waals surface area (Å²) in [6.45, 7) is 0.235. The lowest BCUT2D eigenvalue weighted by atomic mass is 10.2. The van der Waals surface area contributed by atoms with Gasteiger partial charge in [-0.1, -0.05) is 6.07 Å². The highest BCUT2D eigenvalue weighted by Gasteiger charge is 2.08. The van der Waals surface area contributed by atoms with E-state index in [4.69, 9.17) is 9.47 Å². The Labute approximate surface area is 117 Å². The van der Waals surface area contributed by atoms with Gasteiger partial charge in [-0.2, -0.15) is 0 Å². The van der Waals surface area contributed by atoms with E-state index in [1.54, 1.807) is 55.9 Å². The molecular weight excluding hydrogens is 266 g/mol. The van der Waals surface area contributed by atoms with Gasteiger partial charge in [-0.05, 0) is 35.9 Å². The molecule has 0 spiro atoms. The molecule has 19 heavy (non-hydrogen) atoms. The SMILES string of the molecule is COc1cccc(C(=O)OCc2ccncc2)c1.Cl. The number of esters is 1. The van der Waals surface area contributed by atoms with Crippen LogP contribution in [0.5, 0.6) is 5.75 Å². The van der Waals surface area contributed by atoms with Crippen LogP contribution in [0.25, 0.3) is 0 Å². The van der Waals surface area contributed by atoms with E-state index in [0.29, 0.717) is 11.3 Å². The lowest BCUT2D eigenvalue weighted by Gasteiger charge is -2.06. The summed E-state index contributed by atoms with van der Waals surface area (Å²) in [5, 5.41) is 0. The zero-order valence-electron chi connectivity index (χ0n) is 10.4. The van der Waals surface area contributed by atoms with Gasteiger partial charge < -0.3 is 9.47 Å². The number of rotatable bonds is 4. The van der Waals surface area contributed by atoms with Crippen molar-refractivity contribution in [3.8, 4) is 5.75 Å². The highest BCUT2D eigenvalue weighted by atomic mass is 35.5. The lowest BCUT2D eigenvalue weighted by Crippen LogP contribution is -2.05. The van der Waals surface area contributed by atoms with Gasteiger partial charge in [0.15, 0.2) is 0 Å². The summed E-state index contributed by atoms with van der Waals surface area (Å²) in [5.74, 6) is 0.263. The molecule has 0 bridgehead atoms. The van der Waals surface area contributed by atoms with Crippen LogP contribution in [0.15, 0.2) is 48.8 Å². The summed E-state index contributed by atoms with van der Waals surface area (Å²) in [4.78, 5) is 15.7. The molecule has 5 heteroatoms. The predicted molar refractivity (Wildman–Crippen MR) is 73.6 cm³/mol. The highest BCUT2D eigenvalue weighted by molar-refractivity contribution is 5.89. The van der Waals surface area contributed by atoms with Gasteiger partial charge in [0, 0.05) is 12.4 Å². The summed E-state index contributed by atoms with van der Waals surface area (Å²) >= 11 is 0. The number of nitrogens with zero attached hydrogens (tertiary/aromatic N) is 1. The van der Waals surface area contributed by atoms with Crippen LogP contribution in [0, 0.1) is 0 Å². The summed E-state index contributed by atoms with van der Waals surface area (Å²) in [6, 6.07) is 10.5. The summed E-state index contributed by atoms with van der Waals surface area (Å²) < 4.78 is 10.2.